The predicted molar refractivity (Wildman–Crippen MR) is 79.1 cm³/mol. The number of rotatable bonds is 2. The van der Waals surface area contributed by atoms with Gasteiger partial charge in [-0.05, 0) is 38.8 Å². The molecule has 3 heterocycles. The molecule has 3 aliphatic heterocycles. The monoisotopic (exact) mass is 269 g/mol. The minimum Gasteiger partial charge on any atom is -0.329 e. The molecule has 0 aliphatic carbocycles. The summed E-state index contributed by atoms with van der Waals surface area (Å²) in [5.74, 6) is 1.25. The summed E-state index contributed by atoms with van der Waals surface area (Å²) in [6, 6.07) is 0.817. The third kappa shape index (κ3) is 2.33. The number of nitrogens with two attached hydrogens (primary N) is 1. The van der Waals surface area contributed by atoms with Crippen molar-refractivity contribution in [1.29, 1.82) is 0 Å². The van der Waals surface area contributed by atoms with Crippen LogP contribution in [0.4, 0.5) is 0 Å². The molecule has 3 nitrogen and oxygen atoms in total. The Bertz CT molecular complexity index is 299. The lowest BCUT2D eigenvalue weighted by Gasteiger charge is -2.41. The Morgan fingerprint density at radius 1 is 1.28 bits per heavy atom. The smallest absolute Gasteiger partial charge is 0.0433 e. The van der Waals surface area contributed by atoms with Gasteiger partial charge in [-0.25, -0.2) is 0 Å². The van der Waals surface area contributed by atoms with E-state index in [9.17, 15) is 0 Å². The average molecular weight is 269 g/mol. The zero-order valence-corrected chi connectivity index (χ0v) is 12.4. The SMILES string of the molecule is CC1CC(CN)(N2CCCN3CCCC3C2)CS1. The summed E-state index contributed by atoms with van der Waals surface area (Å²) >= 11 is 2.12. The summed E-state index contributed by atoms with van der Waals surface area (Å²) in [7, 11) is 0. The quantitative estimate of drug-likeness (QED) is 0.821. The molecule has 3 rings (SSSR count). The highest BCUT2D eigenvalue weighted by atomic mass is 32.2. The van der Waals surface area contributed by atoms with Crippen molar-refractivity contribution in [2.45, 2.75) is 49.4 Å². The fourth-order valence-corrected chi connectivity index (χ4v) is 5.52. The third-order valence-electron chi connectivity index (χ3n) is 5.16. The van der Waals surface area contributed by atoms with Crippen molar-refractivity contribution in [3.05, 3.63) is 0 Å². The Labute approximate surface area is 115 Å². The zero-order valence-electron chi connectivity index (χ0n) is 11.6. The molecule has 0 aromatic rings. The van der Waals surface area contributed by atoms with E-state index in [0.29, 0.717) is 5.54 Å². The molecule has 2 N–H and O–H groups in total. The van der Waals surface area contributed by atoms with E-state index in [0.717, 1.165) is 17.8 Å². The lowest BCUT2D eigenvalue weighted by Crippen LogP contribution is -2.56. The van der Waals surface area contributed by atoms with Crippen molar-refractivity contribution < 1.29 is 0 Å². The first-order chi connectivity index (χ1) is 8.73. The molecule has 0 spiro atoms. The minimum absolute atomic E-state index is 0.308. The van der Waals surface area contributed by atoms with Crippen LogP contribution in [0.3, 0.4) is 0 Å². The van der Waals surface area contributed by atoms with Gasteiger partial charge < -0.3 is 5.73 Å². The molecule has 0 bridgehead atoms. The van der Waals surface area contributed by atoms with E-state index >= 15 is 0 Å². The molecule has 0 aromatic carbocycles. The van der Waals surface area contributed by atoms with Crippen molar-refractivity contribution in [3.63, 3.8) is 0 Å². The summed E-state index contributed by atoms with van der Waals surface area (Å²) in [6.07, 6.45) is 5.43. The van der Waals surface area contributed by atoms with Gasteiger partial charge in [-0.15, -0.1) is 0 Å². The van der Waals surface area contributed by atoms with E-state index in [2.05, 4.69) is 28.5 Å². The second-order valence-electron chi connectivity index (χ2n) is 6.39. The molecular formula is C14H27N3S. The normalized spacial score (nSPS) is 43.0. The fraction of sp³-hybridized carbons (Fsp3) is 1.00. The van der Waals surface area contributed by atoms with Gasteiger partial charge in [0.05, 0.1) is 0 Å². The van der Waals surface area contributed by atoms with E-state index in [1.807, 2.05) is 0 Å². The second-order valence-corrected chi connectivity index (χ2v) is 7.81. The van der Waals surface area contributed by atoms with E-state index in [4.69, 9.17) is 5.73 Å². The maximum Gasteiger partial charge on any atom is 0.0433 e. The van der Waals surface area contributed by atoms with Gasteiger partial charge in [0.25, 0.3) is 0 Å². The highest BCUT2D eigenvalue weighted by Crippen LogP contribution is 2.39. The van der Waals surface area contributed by atoms with Gasteiger partial charge in [0.2, 0.25) is 0 Å². The predicted octanol–water partition coefficient (Wildman–Crippen LogP) is 1.38. The number of nitrogens with zero attached hydrogens (tertiary/aromatic N) is 2. The van der Waals surface area contributed by atoms with Gasteiger partial charge >= 0.3 is 0 Å². The Balaban J connectivity index is 1.74. The zero-order chi connectivity index (χ0) is 12.6. The van der Waals surface area contributed by atoms with Gasteiger partial charge in [0.1, 0.15) is 0 Å². The maximum atomic E-state index is 6.18. The highest BCUT2D eigenvalue weighted by Gasteiger charge is 2.44. The standard InChI is InChI=1S/C14H27N3S/c1-12-8-14(10-15,11-18-12)17-7-3-6-16-5-2-4-13(16)9-17/h12-13H,2-11,15H2,1H3. The van der Waals surface area contributed by atoms with Crippen LogP contribution in [0.25, 0.3) is 0 Å². The van der Waals surface area contributed by atoms with Crippen molar-refractivity contribution in [2.24, 2.45) is 5.73 Å². The van der Waals surface area contributed by atoms with Crippen LogP contribution in [0.15, 0.2) is 0 Å². The van der Waals surface area contributed by atoms with Crippen molar-refractivity contribution in [1.82, 2.24) is 9.80 Å². The lowest BCUT2D eigenvalue weighted by atomic mass is 9.93. The van der Waals surface area contributed by atoms with Gasteiger partial charge in [0, 0.05) is 42.2 Å². The molecule has 3 fully saturated rings. The van der Waals surface area contributed by atoms with Crippen LogP contribution >= 0.6 is 11.8 Å². The third-order valence-corrected chi connectivity index (χ3v) is 6.60. The van der Waals surface area contributed by atoms with Crippen molar-refractivity contribution in [3.8, 4) is 0 Å². The molecule has 3 unspecified atom stereocenters. The highest BCUT2D eigenvalue weighted by molar-refractivity contribution is 8.00. The molecule has 0 amide bonds. The van der Waals surface area contributed by atoms with E-state index in [1.54, 1.807) is 0 Å². The molecule has 0 saturated carbocycles. The molecule has 18 heavy (non-hydrogen) atoms. The van der Waals surface area contributed by atoms with Crippen LogP contribution in [0.5, 0.6) is 0 Å². The van der Waals surface area contributed by atoms with E-state index < -0.39 is 0 Å². The number of hydrogen-bond donors (Lipinski definition) is 1. The first kappa shape index (κ1) is 13.2. The van der Waals surface area contributed by atoms with Crippen LogP contribution in [0.1, 0.15) is 32.6 Å². The van der Waals surface area contributed by atoms with Crippen LogP contribution in [-0.2, 0) is 0 Å². The summed E-state index contributed by atoms with van der Waals surface area (Å²) in [4.78, 5) is 5.48. The van der Waals surface area contributed by atoms with Crippen LogP contribution in [0.2, 0.25) is 0 Å². The number of fused-ring (bicyclic) bond motifs is 1. The summed E-state index contributed by atoms with van der Waals surface area (Å²) in [6.45, 7) is 8.38. The van der Waals surface area contributed by atoms with Crippen molar-refractivity contribution in [2.75, 3.05) is 38.5 Å². The van der Waals surface area contributed by atoms with Crippen LogP contribution in [-0.4, -0.2) is 65.1 Å². The molecule has 3 atom stereocenters. The van der Waals surface area contributed by atoms with Crippen LogP contribution in [0, 0.1) is 0 Å². The van der Waals surface area contributed by atoms with E-state index in [1.165, 1.54) is 57.6 Å². The molecule has 4 heteroatoms. The van der Waals surface area contributed by atoms with Gasteiger partial charge in [-0.3, -0.25) is 9.80 Å². The minimum atomic E-state index is 0.308. The van der Waals surface area contributed by atoms with Gasteiger partial charge in [-0.1, -0.05) is 6.92 Å². The summed E-state index contributed by atoms with van der Waals surface area (Å²) < 4.78 is 0. The number of thioether (sulfide) groups is 1. The molecule has 3 saturated heterocycles. The molecule has 104 valence electrons. The topological polar surface area (TPSA) is 32.5 Å². The Kier molecular flexibility index (Phi) is 3.90. The lowest BCUT2D eigenvalue weighted by molar-refractivity contribution is 0.102. The van der Waals surface area contributed by atoms with Gasteiger partial charge in [-0.2, -0.15) is 11.8 Å². The Morgan fingerprint density at radius 2 is 2.11 bits per heavy atom. The first-order valence-corrected chi connectivity index (χ1v) is 8.59. The number of hydrogen-bond acceptors (Lipinski definition) is 4. The molecule has 0 aromatic heterocycles. The van der Waals surface area contributed by atoms with Crippen molar-refractivity contribution >= 4 is 11.8 Å². The maximum absolute atomic E-state index is 6.18. The molecule has 0 radical (unpaired) electrons. The molecular weight excluding hydrogens is 242 g/mol. The summed E-state index contributed by atoms with van der Waals surface area (Å²) in [5.41, 5.74) is 6.49. The fourth-order valence-electron chi connectivity index (χ4n) is 4.08. The first-order valence-electron chi connectivity index (χ1n) is 7.54. The summed E-state index contributed by atoms with van der Waals surface area (Å²) in [5, 5.41) is 0.788. The van der Waals surface area contributed by atoms with E-state index in [-0.39, 0.29) is 0 Å². The Hall–Kier alpha value is 0.230. The average Bonchev–Trinajstić information content (AvgIpc) is 2.92. The largest absolute Gasteiger partial charge is 0.329 e. The van der Waals surface area contributed by atoms with Gasteiger partial charge in [0.15, 0.2) is 0 Å². The Morgan fingerprint density at radius 3 is 2.83 bits per heavy atom. The second kappa shape index (κ2) is 5.31. The molecule has 3 aliphatic rings. The van der Waals surface area contributed by atoms with Crippen LogP contribution < -0.4 is 5.73 Å².